The fraction of sp³-hybridized carbons (Fsp3) is 0.350. The normalized spacial score (nSPS) is 18.0. The second-order valence-electron chi connectivity index (χ2n) is 6.50. The Morgan fingerprint density at radius 2 is 1.85 bits per heavy atom. The summed E-state index contributed by atoms with van der Waals surface area (Å²) in [7, 11) is -3.28. The number of hydrogen-bond acceptors (Lipinski definition) is 4. The van der Waals surface area contributed by atoms with E-state index in [0.717, 1.165) is 0 Å². The minimum absolute atomic E-state index is 0.0507. The van der Waals surface area contributed by atoms with E-state index in [1.54, 1.807) is 19.1 Å². The molecule has 27 heavy (non-hydrogen) atoms. The van der Waals surface area contributed by atoms with Gasteiger partial charge in [-0.25, -0.2) is 12.7 Å². The first-order chi connectivity index (χ1) is 13.0. The number of carbonyl (C=O) groups excluding carboxylic acids is 1. The molecule has 3 rings (SSSR count). The smallest absolute Gasteiger partial charge is 0.228 e. The molecule has 0 spiro atoms. The standard InChI is InChI=1S/C20H24N2O4S/c1-2-27(24,25)22-14-8-9-16(15-22)20(23)21-18-12-6-7-13-19(18)26-17-10-4-3-5-11-17/h3-7,10-13,16H,2,8-9,14-15H2,1H3,(H,21,23)/t16-/m0/s1. The van der Waals surface area contributed by atoms with Gasteiger partial charge in [0.15, 0.2) is 5.75 Å². The van der Waals surface area contributed by atoms with Gasteiger partial charge in [-0.3, -0.25) is 4.79 Å². The molecule has 1 aliphatic heterocycles. The molecule has 1 fully saturated rings. The monoisotopic (exact) mass is 388 g/mol. The number of piperidine rings is 1. The molecule has 0 unspecified atom stereocenters. The minimum Gasteiger partial charge on any atom is -0.455 e. The van der Waals surface area contributed by atoms with Crippen molar-refractivity contribution in [3.8, 4) is 11.5 Å². The van der Waals surface area contributed by atoms with Crippen LogP contribution in [0.2, 0.25) is 0 Å². The van der Waals surface area contributed by atoms with E-state index >= 15 is 0 Å². The molecule has 0 aromatic heterocycles. The lowest BCUT2D eigenvalue weighted by Crippen LogP contribution is -2.44. The highest BCUT2D eigenvalue weighted by molar-refractivity contribution is 7.89. The van der Waals surface area contributed by atoms with E-state index in [1.165, 1.54) is 4.31 Å². The third-order valence-corrected chi connectivity index (χ3v) is 6.48. The second kappa shape index (κ2) is 8.54. The minimum atomic E-state index is -3.28. The Labute approximate surface area is 160 Å². The molecule has 0 aliphatic carbocycles. The van der Waals surface area contributed by atoms with Crippen LogP contribution in [0.5, 0.6) is 11.5 Å². The lowest BCUT2D eigenvalue weighted by atomic mass is 9.98. The number of amides is 1. The van der Waals surface area contributed by atoms with Gasteiger partial charge in [-0.2, -0.15) is 0 Å². The van der Waals surface area contributed by atoms with Crippen LogP contribution in [0.25, 0.3) is 0 Å². The molecule has 1 saturated heterocycles. The maximum Gasteiger partial charge on any atom is 0.228 e. The number of nitrogens with zero attached hydrogens (tertiary/aromatic N) is 1. The van der Waals surface area contributed by atoms with Gasteiger partial charge < -0.3 is 10.1 Å². The lowest BCUT2D eigenvalue weighted by Gasteiger charge is -2.31. The van der Waals surface area contributed by atoms with E-state index in [4.69, 9.17) is 4.74 Å². The van der Waals surface area contributed by atoms with E-state index in [-0.39, 0.29) is 24.1 Å². The van der Waals surface area contributed by atoms with Crippen molar-refractivity contribution in [2.24, 2.45) is 5.92 Å². The maximum absolute atomic E-state index is 12.7. The van der Waals surface area contributed by atoms with Crippen LogP contribution in [0, 0.1) is 5.92 Å². The summed E-state index contributed by atoms with van der Waals surface area (Å²) in [5.74, 6) is 0.720. The molecule has 2 aromatic rings. The fourth-order valence-electron chi connectivity index (χ4n) is 3.10. The number of hydrogen-bond donors (Lipinski definition) is 1. The highest BCUT2D eigenvalue weighted by atomic mass is 32.2. The van der Waals surface area contributed by atoms with Gasteiger partial charge in [0, 0.05) is 13.1 Å². The molecule has 144 valence electrons. The summed E-state index contributed by atoms with van der Waals surface area (Å²) in [5.41, 5.74) is 0.571. The van der Waals surface area contributed by atoms with E-state index in [2.05, 4.69) is 5.32 Å². The molecule has 1 heterocycles. The van der Waals surface area contributed by atoms with E-state index in [1.807, 2.05) is 42.5 Å². The predicted octanol–water partition coefficient (Wildman–Crippen LogP) is 3.48. The first-order valence-corrected chi connectivity index (χ1v) is 10.7. The zero-order valence-electron chi connectivity index (χ0n) is 15.3. The largest absolute Gasteiger partial charge is 0.455 e. The molecule has 0 saturated carbocycles. The maximum atomic E-state index is 12.7. The van der Waals surface area contributed by atoms with Gasteiger partial charge in [-0.15, -0.1) is 0 Å². The Balaban J connectivity index is 1.71. The number of sulfonamides is 1. The van der Waals surface area contributed by atoms with E-state index in [9.17, 15) is 13.2 Å². The second-order valence-corrected chi connectivity index (χ2v) is 8.76. The van der Waals surface area contributed by atoms with Crippen molar-refractivity contribution in [1.29, 1.82) is 0 Å². The first kappa shape index (κ1) is 19.4. The SMILES string of the molecule is CCS(=O)(=O)N1CCC[C@H](C(=O)Nc2ccccc2Oc2ccccc2)C1. The van der Waals surface area contributed by atoms with Crippen LogP contribution in [-0.4, -0.2) is 37.5 Å². The molecule has 0 bridgehead atoms. The van der Waals surface area contributed by atoms with Crippen molar-refractivity contribution in [1.82, 2.24) is 4.31 Å². The number of para-hydroxylation sites is 3. The third-order valence-electron chi connectivity index (χ3n) is 4.63. The van der Waals surface area contributed by atoms with Gasteiger partial charge >= 0.3 is 0 Å². The Morgan fingerprint density at radius 3 is 2.59 bits per heavy atom. The van der Waals surface area contributed by atoms with Crippen molar-refractivity contribution in [3.63, 3.8) is 0 Å². The van der Waals surface area contributed by atoms with Crippen molar-refractivity contribution in [2.75, 3.05) is 24.2 Å². The average molecular weight is 388 g/mol. The summed E-state index contributed by atoms with van der Waals surface area (Å²) in [6, 6.07) is 16.6. The first-order valence-electron chi connectivity index (χ1n) is 9.10. The van der Waals surface area contributed by atoms with Crippen LogP contribution >= 0.6 is 0 Å². The Kier molecular flexibility index (Phi) is 6.13. The zero-order valence-corrected chi connectivity index (χ0v) is 16.1. The summed E-state index contributed by atoms with van der Waals surface area (Å²) in [5, 5.41) is 2.91. The fourth-order valence-corrected chi connectivity index (χ4v) is 4.28. The number of benzene rings is 2. The van der Waals surface area contributed by atoms with Crippen LogP contribution < -0.4 is 10.1 Å². The van der Waals surface area contributed by atoms with Gasteiger partial charge in [-0.05, 0) is 44.0 Å². The van der Waals surface area contributed by atoms with Crippen LogP contribution in [0.3, 0.4) is 0 Å². The number of rotatable bonds is 6. The third kappa shape index (κ3) is 4.87. The number of carbonyl (C=O) groups is 1. The van der Waals surface area contributed by atoms with Crippen LogP contribution in [0.15, 0.2) is 54.6 Å². The zero-order chi connectivity index (χ0) is 19.3. The number of anilines is 1. The average Bonchev–Trinajstić information content (AvgIpc) is 2.70. The number of nitrogens with one attached hydrogen (secondary N) is 1. The summed E-state index contributed by atoms with van der Waals surface area (Å²) < 4.78 is 31.5. The quantitative estimate of drug-likeness (QED) is 0.822. The molecule has 6 nitrogen and oxygen atoms in total. The molecule has 1 atom stereocenters. The summed E-state index contributed by atoms with van der Waals surface area (Å²) in [6.45, 7) is 2.33. The molecule has 1 amide bonds. The summed E-state index contributed by atoms with van der Waals surface area (Å²) >= 11 is 0. The molecule has 2 aromatic carbocycles. The van der Waals surface area contributed by atoms with Gasteiger partial charge in [0.05, 0.1) is 17.4 Å². The molecular formula is C20H24N2O4S. The Bertz CT molecular complexity index is 884. The topological polar surface area (TPSA) is 75.7 Å². The van der Waals surface area contributed by atoms with Gasteiger partial charge in [0.1, 0.15) is 5.75 Å². The Morgan fingerprint density at radius 1 is 1.15 bits per heavy atom. The van der Waals surface area contributed by atoms with E-state index < -0.39 is 10.0 Å². The van der Waals surface area contributed by atoms with Crippen molar-refractivity contribution in [2.45, 2.75) is 19.8 Å². The van der Waals surface area contributed by atoms with Crippen LogP contribution in [0.1, 0.15) is 19.8 Å². The highest BCUT2D eigenvalue weighted by Crippen LogP contribution is 2.30. The molecular weight excluding hydrogens is 364 g/mol. The summed E-state index contributed by atoms with van der Waals surface area (Å²) in [4.78, 5) is 12.7. The van der Waals surface area contributed by atoms with Crippen LogP contribution in [0.4, 0.5) is 5.69 Å². The van der Waals surface area contributed by atoms with Gasteiger partial charge in [0.2, 0.25) is 15.9 Å². The summed E-state index contributed by atoms with van der Waals surface area (Å²) in [6.07, 6.45) is 1.35. The molecule has 0 radical (unpaired) electrons. The Hall–Kier alpha value is -2.38. The van der Waals surface area contributed by atoms with Crippen LogP contribution in [-0.2, 0) is 14.8 Å². The molecule has 1 N–H and O–H groups in total. The highest BCUT2D eigenvalue weighted by Gasteiger charge is 2.31. The van der Waals surface area contributed by atoms with Crippen molar-refractivity contribution >= 4 is 21.6 Å². The predicted molar refractivity (Wildman–Crippen MR) is 105 cm³/mol. The molecule has 7 heteroatoms. The van der Waals surface area contributed by atoms with Crippen molar-refractivity contribution in [3.05, 3.63) is 54.6 Å². The lowest BCUT2D eigenvalue weighted by molar-refractivity contribution is -0.120. The van der Waals surface area contributed by atoms with Gasteiger partial charge in [-0.1, -0.05) is 30.3 Å². The van der Waals surface area contributed by atoms with Gasteiger partial charge in [0.25, 0.3) is 0 Å². The van der Waals surface area contributed by atoms with Crippen molar-refractivity contribution < 1.29 is 17.9 Å². The number of ether oxygens (including phenoxy) is 1. The van der Waals surface area contributed by atoms with E-state index in [0.29, 0.717) is 36.6 Å². The molecule has 1 aliphatic rings.